The molecule has 0 spiro atoms. The SMILES string of the molecule is O=C1OCCN1c1ccc(F)c(Cl)c1. The van der Waals surface area contributed by atoms with Crippen LogP contribution in [0.1, 0.15) is 0 Å². The van der Waals surface area contributed by atoms with E-state index in [9.17, 15) is 9.18 Å². The zero-order valence-electron chi connectivity index (χ0n) is 7.17. The normalized spacial score (nSPS) is 15.9. The van der Waals surface area contributed by atoms with Gasteiger partial charge >= 0.3 is 6.09 Å². The lowest BCUT2D eigenvalue weighted by Crippen LogP contribution is -2.23. The van der Waals surface area contributed by atoms with Crippen LogP contribution in [0.3, 0.4) is 0 Å². The van der Waals surface area contributed by atoms with Crippen molar-refractivity contribution in [2.24, 2.45) is 0 Å². The maximum atomic E-state index is 12.8. The number of hydrogen-bond acceptors (Lipinski definition) is 2. The molecule has 14 heavy (non-hydrogen) atoms. The molecule has 0 radical (unpaired) electrons. The quantitative estimate of drug-likeness (QED) is 0.720. The summed E-state index contributed by atoms with van der Waals surface area (Å²) < 4.78 is 17.6. The first-order chi connectivity index (χ1) is 6.68. The number of cyclic esters (lactones) is 1. The van der Waals surface area contributed by atoms with Gasteiger partial charge in [-0.15, -0.1) is 0 Å². The molecule has 0 saturated carbocycles. The minimum absolute atomic E-state index is 0.00204. The molecule has 1 aliphatic rings. The van der Waals surface area contributed by atoms with Crippen molar-refractivity contribution in [3.8, 4) is 0 Å². The van der Waals surface area contributed by atoms with Gasteiger partial charge in [-0.05, 0) is 18.2 Å². The number of carbonyl (C=O) groups excluding carboxylic acids is 1. The summed E-state index contributed by atoms with van der Waals surface area (Å²) in [5.74, 6) is -0.497. The van der Waals surface area contributed by atoms with E-state index in [-0.39, 0.29) is 5.02 Å². The van der Waals surface area contributed by atoms with Gasteiger partial charge in [-0.1, -0.05) is 11.6 Å². The third-order valence-corrected chi connectivity index (χ3v) is 2.27. The molecule has 1 aromatic carbocycles. The van der Waals surface area contributed by atoms with E-state index in [1.807, 2.05) is 0 Å². The van der Waals surface area contributed by atoms with E-state index < -0.39 is 11.9 Å². The average Bonchev–Trinajstić information content (AvgIpc) is 2.57. The van der Waals surface area contributed by atoms with E-state index >= 15 is 0 Å². The maximum absolute atomic E-state index is 12.8. The molecule has 1 aliphatic heterocycles. The summed E-state index contributed by atoms with van der Waals surface area (Å²) in [7, 11) is 0. The summed E-state index contributed by atoms with van der Waals surface area (Å²) in [6.45, 7) is 0.828. The van der Waals surface area contributed by atoms with E-state index in [1.165, 1.54) is 23.1 Å². The molecule has 0 unspecified atom stereocenters. The number of hydrogen-bond donors (Lipinski definition) is 0. The Balaban J connectivity index is 2.32. The zero-order chi connectivity index (χ0) is 10.1. The first kappa shape index (κ1) is 9.27. The Hall–Kier alpha value is -1.29. The second-order valence-electron chi connectivity index (χ2n) is 2.86. The zero-order valence-corrected chi connectivity index (χ0v) is 7.92. The van der Waals surface area contributed by atoms with Gasteiger partial charge in [0.1, 0.15) is 12.4 Å². The minimum Gasteiger partial charge on any atom is -0.447 e. The molecule has 1 fully saturated rings. The Labute approximate surface area is 85.0 Å². The molecular formula is C9H7ClFNO2. The highest BCUT2D eigenvalue weighted by atomic mass is 35.5. The first-order valence-electron chi connectivity index (χ1n) is 4.08. The number of anilines is 1. The van der Waals surface area contributed by atoms with Crippen LogP contribution in [0.4, 0.5) is 14.9 Å². The Kier molecular flexibility index (Phi) is 2.29. The fraction of sp³-hybridized carbons (Fsp3) is 0.222. The van der Waals surface area contributed by atoms with Gasteiger partial charge in [-0.25, -0.2) is 9.18 Å². The topological polar surface area (TPSA) is 29.5 Å². The van der Waals surface area contributed by atoms with Crippen molar-refractivity contribution in [2.75, 3.05) is 18.1 Å². The van der Waals surface area contributed by atoms with Crippen LogP contribution in [0.15, 0.2) is 18.2 Å². The molecule has 0 atom stereocenters. The van der Waals surface area contributed by atoms with Crippen LogP contribution in [0.5, 0.6) is 0 Å². The lowest BCUT2D eigenvalue weighted by Gasteiger charge is -2.12. The highest BCUT2D eigenvalue weighted by Gasteiger charge is 2.23. The number of rotatable bonds is 1. The first-order valence-corrected chi connectivity index (χ1v) is 4.45. The van der Waals surface area contributed by atoms with Crippen LogP contribution in [0.2, 0.25) is 5.02 Å². The van der Waals surface area contributed by atoms with Gasteiger partial charge in [0.2, 0.25) is 0 Å². The smallest absolute Gasteiger partial charge is 0.414 e. The third-order valence-electron chi connectivity index (χ3n) is 1.98. The number of benzene rings is 1. The average molecular weight is 216 g/mol. The summed E-state index contributed by atoms with van der Waals surface area (Å²) >= 11 is 5.59. The van der Waals surface area contributed by atoms with Gasteiger partial charge in [-0.2, -0.15) is 0 Å². The summed E-state index contributed by atoms with van der Waals surface area (Å²) in [5, 5.41) is 0.00204. The van der Waals surface area contributed by atoms with Gasteiger partial charge in [0.15, 0.2) is 0 Å². The molecule has 0 bridgehead atoms. The summed E-state index contributed by atoms with van der Waals surface area (Å²) in [4.78, 5) is 12.5. The maximum Gasteiger partial charge on any atom is 0.414 e. The van der Waals surface area contributed by atoms with Crippen molar-refractivity contribution in [2.45, 2.75) is 0 Å². The van der Waals surface area contributed by atoms with Gasteiger partial charge < -0.3 is 4.74 Å². The van der Waals surface area contributed by atoms with Gasteiger partial charge in [0, 0.05) is 5.69 Å². The molecule has 1 aromatic rings. The fourth-order valence-electron chi connectivity index (χ4n) is 1.28. The molecule has 0 N–H and O–H groups in total. The van der Waals surface area contributed by atoms with Crippen LogP contribution in [-0.4, -0.2) is 19.2 Å². The number of carbonyl (C=O) groups is 1. The van der Waals surface area contributed by atoms with Gasteiger partial charge in [0.25, 0.3) is 0 Å². The summed E-state index contributed by atoms with van der Waals surface area (Å²) in [5.41, 5.74) is 0.555. The van der Waals surface area contributed by atoms with Crippen LogP contribution < -0.4 is 4.90 Å². The molecule has 1 saturated heterocycles. The van der Waals surface area contributed by atoms with Crippen molar-refractivity contribution in [1.82, 2.24) is 0 Å². The molecule has 2 rings (SSSR count). The van der Waals surface area contributed by atoms with E-state index in [0.29, 0.717) is 18.8 Å². The second-order valence-corrected chi connectivity index (χ2v) is 3.27. The lowest BCUT2D eigenvalue weighted by molar-refractivity contribution is 0.181. The number of ether oxygens (including phenoxy) is 1. The van der Waals surface area contributed by atoms with Gasteiger partial charge in [-0.3, -0.25) is 4.90 Å². The third kappa shape index (κ3) is 1.53. The Morgan fingerprint density at radius 1 is 1.50 bits per heavy atom. The van der Waals surface area contributed by atoms with Crippen LogP contribution >= 0.6 is 11.6 Å². The van der Waals surface area contributed by atoms with Crippen LogP contribution in [-0.2, 0) is 4.74 Å². The van der Waals surface area contributed by atoms with Crippen molar-refractivity contribution in [3.63, 3.8) is 0 Å². The molecule has 74 valence electrons. The Morgan fingerprint density at radius 2 is 2.29 bits per heavy atom. The highest BCUT2D eigenvalue weighted by molar-refractivity contribution is 6.31. The number of nitrogens with zero attached hydrogens (tertiary/aromatic N) is 1. The highest BCUT2D eigenvalue weighted by Crippen LogP contribution is 2.24. The predicted molar refractivity (Wildman–Crippen MR) is 50.1 cm³/mol. The van der Waals surface area contributed by atoms with Crippen molar-refractivity contribution < 1.29 is 13.9 Å². The van der Waals surface area contributed by atoms with E-state index in [4.69, 9.17) is 16.3 Å². The second kappa shape index (κ2) is 3.46. The minimum atomic E-state index is -0.497. The molecule has 1 amide bonds. The number of amides is 1. The fourth-order valence-corrected chi connectivity index (χ4v) is 1.46. The molecular weight excluding hydrogens is 209 g/mol. The van der Waals surface area contributed by atoms with Crippen molar-refractivity contribution in [1.29, 1.82) is 0 Å². The van der Waals surface area contributed by atoms with Crippen LogP contribution in [0.25, 0.3) is 0 Å². The molecule has 0 aliphatic carbocycles. The van der Waals surface area contributed by atoms with E-state index in [0.717, 1.165) is 0 Å². The molecule has 0 aromatic heterocycles. The summed E-state index contributed by atoms with van der Waals surface area (Å²) in [6.07, 6.45) is -0.423. The standard InChI is InChI=1S/C9H7ClFNO2/c10-7-5-6(1-2-8(7)11)12-3-4-14-9(12)13/h1-2,5H,3-4H2. The molecule has 1 heterocycles. The molecule has 3 nitrogen and oxygen atoms in total. The van der Waals surface area contributed by atoms with Gasteiger partial charge in [0.05, 0.1) is 11.6 Å². The summed E-state index contributed by atoms with van der Waals surface area (Å²) in [6, 6.07) is 4.13. The predicted octanol–water partition coefficient (Wildman–Crippen LogP) is 2.44. The lowest BCUT2D eigenvalue weighted by atomic mass is 10.3. The van der Waals surface area contributed by atoms with Crippen molar-refractivity contribution in [3.05, 3.63) is 29.0 Å². The molecule has 5 heteroatoms. The van der Waals surface area contributed by atoms with Crippen LogP contribution in [0, 0.1) is 5.82 Å². The van der Waals surface area contributed by atoms with E-state index in [2.05, 4.69) is 0 Å². The largest absolute Gasteiger partial charge is 0.447 e. The van der Waals surface area contributed by atoms with E-state index in [1.54, 1.807) is 0 Å². The monoisotopic (exact) mass is 215 g/mol. The Morgan fingerprint density at radius 3 is 2.86 bits per heavy atom. The van der Waals surface area contributed by atoms with Crippen molar-refractivity contribution >= 4 is 23.4 Å². The number of halogens is 2. The Bertz CT molecular complexity index is 383.